The van der Waals surface area contributed by atoms with Crippen LogP contribution in [0.1, 0.15) is 40.0 Å². The summed E-state index contributed by atoms with van der Waals surface area (Å²) in [7, 11) is 0. The maximum atomic E-state index is 14.9. The summed E-state index contributed by atoms with van der Waals surface area (Å²) >= 11 is 12.7. The van der Waals surface area contributed by atoms with Crippen LogP contribution in [0.2, 0.25) is 10.2 Å². The number of aromatic nitrogens is 2. The van der Waals surface area contributed by atoms with Gasteiger partial charge in [0.25, 0.3) is 5.56 Å². The van der Waals surface area contributed by atoms with Crippen molar-refractivity contribution in [2.45, 2.75) is 53.1 Å². The number of halogens is 3. The lowest BCUT2D eigenvalue weighted by atomic mass is 10.1. The van der Waals surface area contributed by atoms with E-state index in [0.29, 0.717) is 19.7 Å². The van der Waals surface area contributed by atoms with Crippen LogP contribution in [-0.4, -0.2) is 35.2 Å². The lowest BCUT2D eigenvalue weighted by Gasteiger charge is -2.17. The minimum absolute atomic E-state index is 0.000138. The highest BCUT2D eigenvalue weighted by Crippen LogP contribution is 2.36. The Bertz CT molecular complexity index is 1120. The quantitative estimate of drug-likeness (QED) is 0.239. The summed E-state index contributed by atoms with van der Waals surface area (Å²) < 4.78 is 34.6. The van der Waals surface area contributed by atoms with Gasteiger partial charge in [-0.3, -0.25) is 9.48 Å². The Balaban J connectivity index is 1.87. The molecule has 1 aliphatic heterocycles. The van der Waals surface area contributed by atoms with Crippen LogP contribution in [-0.2, 0) is 27.4 Å². The molecule has 2 aromatic rings. The SMILES string of the molecule is CCCO/C(=C/C(=O)OCC(C)C)COc1cc(-c2c(Cl)n3n(c2=O)CCCC3)c(F)cc1Cl. The van der Waals surface area contributed by atoms with Crippen molar-refractivity contribution in [1.82, 2.24) is 9.36 Å². The van der Waals surface area contributed by atoms with Crippen molar-refractivity contribution < 1.29 is 23.4 Å². The second kappa shape index (κ2) is 11.8. The van der Waals surface area contributed by atoms with E-state index in [4.69, 9.17) is 37.4 Å². The topological polar surface area (TPSA) is 71.7 Å². The van der Waals surface area contributed by atoms with Crippen molar-refractivity contribution in [2.75, 3.05) is 19.8 Å². The zero-order chi connectivity index (χ0) is 24.8. The highest BCUT2D eigenvalue weighted by atomic mass is 35.5. The van der Waals surface area contributed by atoms with Gasteiger partial charge in [0.1, 0.15) is 29.1 Å². The Kier molecular flexibility index (Phi) is 9.08. The summed E-state index contributed by atoms with van der Waals surface area (Å²) in [6, 6.07) is 2.43. The van der Waals surface area contributed by atoms with E-state index in [0.717, 1.165) is 25.3 Å². The Hall–Kier alpha value is -2.45. The number of benzene rings is 1. The molecule has 0 bridgehead atoms. The predicted octanol–water partition coefficient (Wildman–Crippen LogP) is 5.45. The van der Waals surface area contributed by atoms with Crippen molar-refractivity contribution in [1.29, 1.82) is 0 Å². The second-order valence-electron chi connectivity index (χ2n) is 8.46. The molecule has 34 heavy (non-hydrogen) atoms. The van der Waals surface area contributed by atoms with E-state index in [1.165, 1.54) is 16.8 Å². The first-order valence-electron chi connectivity index (χ1n) is 11.3. The molecule has 3 rings (SSSR count). The van der Waals surface area contributed by atoms with Crippen molar-refractivity contribution in [3.8, 4) is 16.9 Å². The van der Waals surface area contributed by atoms with Gasteiger partial charge in [0.2, 0.25) is 0 Å². The van der Waals surface area contributed by atoms with Gasteiger partial charge < -0.3 is 14.2 Å². The molecule has 10 heteroatoms. The molecule has 2 heterocycles. The number of hydrogen-bond acceptors (Lipinski definition) is 5. The summed E-state index contributed by atoms with van der Waals surface area (Å²) in [5.74, 6) is -0.663. The molecule has 0 fully saturated rings. The van der Waals surface area contributed by atoms with Gasteiger partial charge in [-0.15, -0.1) is 0 Å². The largest absolute Gasteiger partial charge is 0.494 e. The van der Waals surface area contributed by atoms with Gasteiger partial charge in [0, 0.05) is 18.7 Å². The summed E-state index contributed by atoms with van der Waals surface area (Å²) in [5.41, 5.74) is -0.297. The van der Waals surface area contributed by atoms with E-state index in [9.17, 15) is 14.0 Å². The maximum Gasteiger partial charge on any atom is 0.334 e. The fraction of sp³-hybridized carbons (Fsp3) is 0.500. The molecule has 7 nitrogen and oxygen atoms in total. The fourth-order valence-corrected chi connectivity index (χ4v) is 4.08. The molecule has 0 N–H and O–H groups in total. The Labute approximate surface area is 208 Å². The average molecular weight is 515 g/mol. The minimum atomic E-state index is -0.685. The number of carbonyl (C=O) groups excluding carboxylic acids is 1. The van der Waals surface area contributed by atoms with Gasteiger partial charge in [-0.05, 0) is 37.3 Å². The van der Waals surface area contributed by atoms with E-state index in [-0.39, 0.29) is 57.5 Å². The van der Waals surface area contributed by atoms with Crippen LogP contribution in [0.25, 0.3) is 11.1 Å². The third-order valence-electron chi connectivity index (χ3n) is 5.15. The van der Waals surface area contributed by atoms with Crippen molar-refractivity contribution in [3.63, 3.8) is 0 Å². The normalized spacial score (nSPS) is 13.7. The molecule has 0 radical (unpaired) electrons. The zero-order valence-corrected chi connectivity index (χ0v) is 21.0. The predicted molar refractivity (Wildman–Crippen MR) is 129 cm³/mol. The molecule has 0 spiro atoms. The Morgan fingerprint density at radius 2 is 1.88 bits per heavy atom. The highest BCUT2D eigenvalue weighted by molar-refractivity contribution is 6.33. The first-order chi connectivity index (χ1) is 16.2. The number of carbonyl (C=O) groups is 1. The molecule has 1 aromatic heterocycles. The van der Waals surface area contributed by atoms with Crippen molar-refractivity contribution in [2.24, 2.45) is 5.92 Å². The highest BCUT2D eigenvalue weighted by Gasteiger charge is 2.25. The first kappa shape index (κ1) is 26.2. The van der Waals surface area contributed by atoms with E-state index >= 15 is 0 Å². The Morgan fingerprint density at radius 3 is 2.53 bits per heavy atom. The van der Waals surface area contributed by atoms with Crippen LogP contribution >= 0.6 is 23.2 Å². The van der Waals surface area contributed by atoms with Crippen molar-refractivity contribution in [3.05, 3.63) is 50.3 Å². The molecule has 1 aromatic carbocycles. The van der Waals surface area contributed by atoms with Crippen LogP contribution in [0, 0.1) is 11.7 Å². The standard InChI is InChI=1S/C24H29Cl2FN2O5/c1-4-9-32-16(10-21(30)34-13-15(2)3)14-33-20-11-17(19(27)12-18(20)25)22-23(26)28-7-5-6-8-29(28)24(22)31/h10-12,15H,4-9,13-14H2,1-3H3/b16-10+. The molecule has 0 saturated carbocycles. The third kappa shape index (κ3) is 6.16. The summed E-state index contributed by atoms with van der Waals surface area (Å²) in [4.78, 5) is 25.0. The Morgan fingerprint density at radius 1 is 1.18 bits per heavy atom. The maximum absolute atomic E-state index is 14.9. The molecule has 0 atom stereocenters. The van der Waals surface area contributed by atoms with E-state index in [1.807, 2.05) is 20.8 Å². The zero-order valence-electron chi connectivity index (χ0n) is 19.5. The molecule has 0 amide bonds. The van der Waals surface area contributed by atoms with Crippen LogP contribution in [0.15, 0.2) is 28.8 Å². The number of fused-ring (bicyclic) bond motifs is 1. The number of hydrogen-bond donors (Lipinski definition) is 0. The molecule has 186 valence electrons. The van der Waals surface area contributed by atoms with Crippen LogP contribution in [0.5, 0.6) is 5.75 Å². The van der Waals surface area contributed by atoms with Gasteiger partial charge in [-0.1, -0.05) is 44.0 Å². The number of rotatable bonds is 10. The summed E-state index contributed by atoms with van der Waals surface area (Å²) in [6.45, 7) is 7.42. The number of ether oxygens (including phenoxy) is 3. The average Bonchev–Trinajstić information content (AvgIpc) is 3.05. The van der Waals surface area contributed by atoms with E-state index in [1.54, 1.807) is 4.68 Å². The summed E-state index contributed by atoms with van der Waals surface area (Å²) in [6.07, 6.45) is 3.68. The molecule has 1 aliphatic rings. The van der Waals surface area contributed by atoms with Gasteiger partial charge >= 0.3 is 5.97 Å². The van der Waals surface area contributed by atoms with E-state index < -0.39 is 11.8 Å². The first-order valence-corrected chi connectivity index (χ1v) is 12.1. The minimum Gasteiger partial charge on any atom is -0.494 e. The van der Waals surface area contributed by atoms with Crippen molar-refractivity contribution >= 4 is 29.2 Å². The van der Waals surface area contributed by atoms with Gasteiger partial charge in [0.05, 0.1) is 29.9 Å². The molecule has 0 unspecified atom stereocenters. The monoisotopic (exact) mass is 514 g/mol. The fourth-order valence-electron chi connectivity index (χ4n) is 3.51. The van der Waals surface area contributed by atoms with Gasteiger partial charge in [0.15, 0.2) is 0 Å². The molecular formula is C24H29Cl2FN2O5. The molecule has 0 saturated heterocycles. The lowest BCUT2D eigenvalue weighted by Crippen LogP contribution is -2.27. The summed E-state index contributed by atoms with van der Waals surface area (Å²) in [5, 5.41) is 0.190. The van der Waals surface area contributed by atoms with Gasteiger partial charge in [-0.2, -0.15) is 0 Å². The molecular weight excluding hydrogens is 486 g/mol. The van der Waals surface area contributed by atoms with Gasteiger partial charge in [-0.25, -0.2) is 13.9 Å². The van der Waals surface area contributed by atoms with Crippen LogP contribution < -0.4 is 10.3 Å². The van der Waals surface area contributed by atoms with E-state index in [2.05, 4.69) is 0 Å². The lowest BCUT2D eigenvalue weighted by molar-refractivity contribution is -0.139. The second-order valence-corrected chi connectivity index (χ2v) is 9.22. The smallest absolute Gasteiger partial charge is 0.334 e. The molecule has 0 aliphatic carbocycles. The van der Waals surface area contributed by atoms with Crippen LogP contribution in [0.3, 0.4) is 0 Å². The number of esters is 1. The van der Waals surface area contributed by atoms with Crippen LogP contribution in [0.4, 0.5) is 4.39 Å². The number of nitrogens with zero attached hydrogens (tertiary/aromatic N) is 2. The third-order valence-corrected chi connectivity index (χ3v) is 5.83.